The summed E-state index contributed by atoms with van der Waals surface area (Å²) in [4.78, 5) is 10.5. The van der Waals surface area contributed by atoms with Crippen molar-refractivity contribution in [1.29, 1.82) is 0 Å². The Kier molecular flexibility index (Phi) is 3.53. The molecule has 3 heteroatoms. The van der Waals surface area contributed by atoms with Gasteiger partial charge in [-0.2, -0.15) is 0 Å². The average Bonchev–Trinajstić information content (AvgIpc) is 1.99. The van der Waals surface area contributed by atoms with Crippen LogP contribution < -0.4 is 0 Å². The molecule has 0 radical (unpaired) electrons. The average molecular weight is 225 g/mol. The SMILES string of the molecule is Cc1cc(C)c(/C(Cl)=C/C(=O)O)c(C)c1. The number of halogens is 1. The molecule has 0 unspecified atom stereocenters. The predicted octanol–water partition coefficient (Wildman–Crippen LogP) is 3.28. The number of carboxylic acids is 1. The van der Waals surface area contributed by atoms with Gasteiger partial charge in [0.2, 0.25) is 0 Å². The minimum absolute atomic E-state index is 0.275. The van der Waals surface area contributed by atoms with Crippen molar-refractivity contribution in [3.63, 3.8) is 0 Å². The monoisotopic (exact) mass is 224 g/mol. The predicted molar refractivity (Wildman–Crippen MR) is 62.1 cm³/mol. The highest BCUT2D eigenvalue weighted by atomic mass is 35.5. The van der Waals surface area contributed by atoms with Crippen LogP contribution in [-0.2, 0) is 4.79 Å². The van der Waals surface area contributed by atoms with Crippen LogP contribution in [0.4, 0.5) is 0 Å². The number of hydrogen-bond donors (Lipinski definition) is 1. The van der Waals surface area contributed by atoms with Crippen LogP contribution in [0.15, 0.2) is 18.2 Å². The van der Waals surface area contributed by atoms with Crippen LogP contribution in [0.5, 0.6) is 0 Å². The molecule has 0 fully saturated rings. The third-order valence-corrected chi connectivity index (χ3v) is 2.46. The molecule has 0 aliphatic heterocycles. The Labute approximate surface area is 94.2 Å². The van der Waals surface area contributed by atoms with Crippen LogP contribution in [0.1, 0.15) is 22.3 Å². The number of carbonyl (C=O) groups is 1. The van der Waals surface area contributed by atoms with Crippen molar-refractivity contribution < 1.29 is 9.90 Å². The second-order valence-corrected chi connectivity index (χ2v) is 4.01. The van der Waals surface area contributed by atoms with E-state index in [-0.39, 0.29) is 5.03 Å². The van der Waals surface area contributed by atoms with Crippen molar-refractivity contribution in [2.45, 2.75) is 20.8 Å². The second-order valence-electron chi connectivity index (χ2n) is 3.60. The zero-order chi connectivity index (χ0) is 11.6. The Morgan fingerprint density at radius 2 is 1.73 bits per heavy atom. The van der Waals surface area contributed by atoms with Gasteiger partial charge in [-0.05, 0) is 37.5 Å². The Morgan fingerprint density at radius 1 is 1.27 bits per heavy atom. The number of aliphatic carboxylic acids is 1. The van der Waals surface area contributed by atoms with E-state index >= 15 is 0 Å². The first-order valence-corrected chi connectivity index (χ1v) is 4.98. The minimum Gasteiger partial charge on any atom is -0.478 e. The highest BCUT2D eigenvalue weighted by Gasteiger charge is 2.08. The smallest absolute Gasteiger partial charge is 0.329 e. The summed E-state index contributed by atoms with van der Waals surface area (Å²) in [6.07, 6.45) is 1.02. The van der Waals surface area contributed by atoms with E-state index in [2.05, 4.69) is 0 Å². The van der Waals surface area contributed by atoms with Crippen molar-refractivity contribution in [2.75, 3.05) is 0 Å². The summed E-state index contributed by atoms with van der Waals surface area (Å²) < 4.78 is 0. The van der Waals surface area contributed by atoms with Gasteiger partial charge in [-0.1, -0.05) is 29.3 Å². The van der Waals surface area contributed by atoms with Crippen LogP contribution in [0.3, 0.4) is 0 Å². The van der Waals surface area contributed by atoms with E-state index in [0.29, 0.717) is 0 Å². The molecule has 0 atom stereocenters. The lowest BCUT2D eigenvalue weighted by atomic mass is 9.99. The molecule has 0 heterocycles. The van der Waals surface area contributed by atoms with Crippen LogP contribution in [0.25, 0.3) is 5.03 Å². The number of aryl methyl sites for hydroxylation is 3. The Balaban J connectivity index is 3.32. The largest absolute Gasteiger partial charge is 0.478 e. The van der Waals surface area contributed by atoms with Crippen molar-refractivity contribution in [3.8, 4) is 0 Å². The first-order valence-electron chi connectivity index (χ1n) is 4.60. The molecule has 80 valence electrons. The molecule has 1 aromatic carbocycles. The summed E-state index contributed by atoms with van der Waals surface area (Å²) >= 11 is 5.94. The molecule has 0 aliphatic carbocycles. The molecule has 15 heavy (non-hydrogen) atoms. The Morgan fingerprint density at radius 3 is 2.13 bits per heavy atom. The molecular weight excluding hydrogens is 212 g/mol. The first kappa shape index (κ1) is 11.8. The second kappa shape index (κ2) is 4.49. The van der Waals surface area contributed by atoms with Crippen molar-refractivity contribution in [3.05, 3.63) is 40.5 Å². The topological polar surface area (TPSA) is 37.3 Å². The number of hydrogen-bond acceptors (Lipinski definition) is 1. The molecule has 0 bridgehead atoms. The standard InChI is InChI=1S/C12H13ClO2/c1-7-4-8(2)12(9(3)5-7)10(13)6-11(14)15/h4-6H,1-3H3,(H,14,15)/b10-6-. The third kappa shape index (κ3) is 2.83. The van der Waals surface area contributed by atoms with Gasteiger partial charge in [-0.3, -0.25) is 0 Å². The van der Waals surface area contributed by atoms with Crippen molar-refractivity contribution >= 4 is 22.6 Å². The zero-order valence-corrected chi connectivity index (χ0v) is 9.72. The summed E-state index contributed by atoms with van der Waals surface area (Å²) in [6, 6.07) is 3.97. The quantitative estimate of drug-likeness (QED) is 0.783. The van der Waals surface area contributed by atoms with Gasteiger partial charge in [-0.15, -0.1) is 0 Å². The molecule has 1 rings (SSSR count). The van der Waals surface area contributed by atoms with E-state index in [9.17, 15) is 4.79 Å². The molecule has 0 spiro atoms. The minimum atomic E-state index is -1.03. The first-order chi connectivity index (χ1) is 6.91. The highest BCUT2D eigenvalue weighted by Crippen LogP contribution is 2.27. The fourth-order valence-corrected chi connectivity index (χ4v) is 2.13. The van der Waals surface area contributed by atoms with E-state index in [4.69, 9.17) is 16.7 Å². The summed E-state index contributed by atoms with van der Waals surface area (Å²) in [5.74, 6) is -1.03. The number of carboxylic acid groups (broad SMARTS) is 1. The molecule has 0 amide bonds. The van der Waals surface area contributed by atoms with Crippen molar-refractivity contribution in [1.82, 2.24) is 0 Å². The van der Waals surface area contributed by atoms with Crippen LogP contribution in [0.2, 0.25) is 0 Å². The lowest BCUT2D eigenvalue weighted by molar-refractivity contribution is -0.131. The Bertz CT molecular complexity index is 410. The van der Waals surface area contributed by atoms with Crippen LogP contribution >= 0.6 is 11.6 Å². The van der Waals surface area contributed by atoms with Gasteiger partial charge >= 0.3 is 5.97 Å². The van der Waals surface area contributed by atoms with Crippen LogP contribution in [0, 0.1) is 20.8 Å². The lowest BCUT2D eigenvalue weighted by Gasteiger charge is -2.09. The molecular formula is C12H13ClO2. The van der Waals surface area contributed by atoms with Gasteiger partial charge in [0.05, 0.1) is 5.03 Å². The zero-order valence-electron chi connectivity index (χ0n) is 8.97. The fourth-order valence-electron chi connectivity index (χ4n) is 1.74. The molecule has 0 saturated heterocycles. The molecule has 1 aromatic rings. The van der Waals surface area contributed by atoms with E-state index in [1.165, 1.54) is 0 Å². The summed E-state index contributed by atoms with van der Waals surface area (Å²) in [7, 11) is 0. The molecule has 0 aliphatic rings. The van der Waals surface area contributed by atoms with E-state index in [1.807, 2.05) is 32.9 Å². The lowest BCUT2D eigenvalue weighted by Crippen LogP contribution is -1.94. The Hall–Kier alpha value is -1.28. The van der Waals surface area contributed by atoms with Crippen LogP contribution in [-0.4, -0.2) is 11.1 Å². The number of benzene rings is 1. The van der Waals surface area contributed by atoms with E-state index in [1.54, 1.807) is 0 Å². The summed E-state index contributed by atoms with van der Waals surface area (Å²) in [5.41, 5.74) is 3.95. The molecule has 2 nitrogen and oxygen atoms in total. The third-order valence-electron chi connectivity index (χ3n) is 2.17. The number of rotatable bonds is 2. The van der Waals surface area contributed by atoms with E-state index < -0.39 is 5.97 Å². The van der Waals surface area contributed by atoms with Gasteiger partial charge in [-0.25, -0.2) is 4.79 Å². The van der Waals surface area contributed by atoms with E-state index in [0.717, 1.165) is 28.3 Å². The van der Waals surface area contributed by atoms with Gasteiger partial charge < -0.3 is 5.11 Å². The molecule has 1 N–H and O–H groups in total. The molecule has 0 aromatic heterocycles. The van der Waals surface area contributed by atoms with Crippen molar-refractivity contribution in [2.24, 2.45) is 0 Å². The van der Waals surface area contributed by atoms with Gasteiger partial charge in [0.25, 0.3) is 0 Å². The summed E-state index contributed by atoms with van der Waals surface area (Å²) in [6.45, 7) is 5.85. The maximum atomic E-state index is 10.5. The highest BCUT2D eigenvalue weighted by molar-refractivity contribution is 6.50. The maximum Gasteiger partial charge on any atom is 0.329 e. The maximum absolute atomic E-state index is 10.5. The molecule has 0 saturated carbocycles. The van der Waals surface area contributed by atoms with Gasteiger partial charge in [0.15, 0.2) is 0 Å². The normalized spacial score (nSPS) is 11.6. The van der Waals surface area contributed by atoms with Gasteiger partial charge in [0, 0.05) is 6.08 Å². The summed E-state index contributed by atoms with van der Waals surface area (Å²) in [5, 5.41) is 8.90. The van der Waals surface area contributed by atoms with Gasteiger partial charge in [0.1, 0.15) is 0 Å². The fraction of sp³-hybridized carbons (Fsp3) is 0.250.